The summed E-state index contributed by atoms with van der Waals surface area (Å²) >= 11 is 0. The molecule has 2 saturated heterocycles. The van der Waals surface area contributed by atoms with Gasteiger partial charge in [-0.25, -0.2) is 0 Å². The molecule has 0 radical (unpaired) electrons. The van der Waals surface area contributed by atoms with Crippen molar-refractivity contribution in [1.82, 2.24) is 4.90 Å². The molecule has 2 aliphatic rings. The lowest BCUT2D eigenvalue weighted by Gasteiger charge is -2.35. The molecule has 0 amide bonds. The fraction of sp³-hybridized carbons (Fsp3) is 0.562. The molecule has 1 unspecified atom stereocenters. The molecule has 1 aromatic carbocycles. The van der Waals surface area contributed by atoms with E-state index in [4.69, 9.17) is 4.74 Å². The summed E-state index contributed by atoms with van der Waals surface area (Å²) in [6.07, 6.45) is -0.319. The minimum atomic E-state index is -0.752. The number of rotatable bonds is 3. The van der Waals surface area contributed by atoms with Crippen LogP contribution in [0.4, 0.5) is 0 Å². The molecule has 2 heterocycles. The number of ether oxygens (including phenoxy) is 1. The van der Waals surface area contributed by atoms with Gasteiger partial charge >= 0.3 is 5.97 Å². The second-order valence-corrected chi connectivity index (χ2v) is 6.03. The second-order valence-electron chi connectivity index (χ2n) is 6.03. The van der Waals surface area contributed by atoms with Gasteiger partial charge in [0.15, 0.2) is 0 Å². The monoisotopic (exact) mass is 291 g/mol. The third-order valence-corrected chi connectivity index (χ3v) is 4.68. The lowest BCUT2D eigenvalue weighted by atomic mass is 10.00. The van der Waals surface area contributed by atoms with Gasteiger partial charge in [-0.05, 0) is 12.6 Å². The number of benzene rings is 1. The fourth-order valence-corrected chi connectivity index (χ4v) is 3.52. The Morgan fingerprint density at radius 2 is 1.76 bits per heavy atom. The van der Waals surface area contributed by atoms with E-state index in [1.165, 1.54) is 0 Å². The number of likely N-dealkylation sites (N-methyl/N-ethyl adjacent to an activating group) is 1. The highest BCUT2D eigenvalue weighted by Gasteiger charge is 2.51. The molecule has 1 aromatic rings. The Morgan fingerprint density at radius 1 is 1.19 bits per heavy atom. The van der Waals surface area contributed by atoms with E-state index in [9.17, 15) is 15.0 Å². The highest BCUT2D eigenvalue weighted by Crippen LogP contribution is 2.36. The van der Waals surface area contributed by atoms with Crippen molar-refractivity contribution in [2.75, 3.05) is 7.05 Å². The molecular formula is C16H21NO4. The minimum absolute atomic E-state index is 0.131. The molecule has 2 aliphatic heterocycles. The Labute approximate surface area is 124 Å². The number of hydrogen-bond acceptors (Lipinski definition) is 5. The molecule has 5 heteroatoms. The van der Waals surface area contributed by atoms with Gasteiger partial charge < -0.3 is 14.9 Å². The Kier molecular flexibility index (Phi) is 3.97. The molecule has 0 aliphatic carbocycles. The molecule has 3 rings (SSSR count). The van der Waals surface area contributed by atoms with E-state index < -0.39 is 12.2 Å². The lowest BCUT2D eigenvalue weighted by Crippen LogP contribution is -2.46. The number of piperidine rings is 1. The average molecular weight is 291 g/mol. The maximum atomic E-state index is 12.0. The molecule has 2 N–H and O–H groups in total. The van der Waals surface area contributed by atoms with Crippen LogP contribution in [0.25, 0.3) is 0 Å². The largest absolute Gasteiger partial charge is 0.462 e. The number of nitrogens with zero attached hydrogens (tertiary/aromatic N) is 1. The van der Waals surface area contributed by atoms with Crippen LogP contribution in [0.15, 0.2) is 30.3 Å². The van der Waals surface area contributed by atoms with Crippen LogP contribution in [0.3, 0.4) is 0 Å². The van der Waals surface area contributed by atoms with Crippen molar-refractivity contribution in [3.8, 4) is 0 Å². The Bertz CT molecular complexity index is 480. The van der Waals surface area contributed by atoms with E-state index in [0.29, 0.717) is 12.8 Å². The van der Waals surface area contributed by atoms with Crippen molar-refractivity contribution in [3.63, 3.8) is 0 Å². The number of carbonyl (C=O) groups excluding carboxylic acids is 1. The van der Waals surface area contributed by atoms with E-state index >= 15 is 0 Å². The van der Waals surface area contributed by atoms with Gasteiger partial charge in [-0.15, -0.1) is 0 Å². The first kappa shape index (κ1) is 14.5. The summed E-state index contributed by atoms with van der Waals surface area (Å²) in [4.78, 5) is 14.0. The lowest BCUT2D eigenvalue weighted by molar-refractivity contribution is -0.152. The summed E-state index contributed by atoms with van der Waals surface area (Å²) < 4.78 is 5.53. The van der Waals surface area contributed by atoms with Gasteiger partial charge in [-0.1, -0.05) is 30.3 Å². The van der Waals surface area contributed by atoms with Gasteiger partial charge in [0.1, 0.15) is 6.10 Å². The summed E-state index contributed by atoms with van der Waals surface area (Å²) in [7, 11) is 1.90. The van der Waals surface area contributed by atoms with Crippen molar-refractivity contribution in [2.24, 2.45) is 0 Å². The molecular weight excluding hydrogens is 270 g/mol. The average Bonchev–Trinajstić information content (AvgIpc) is 2.60. The predicted molar refractivity (Wildman–Crippen MR) is 76.6 cm³/mol. The number of aliphatic hydroxyl groups is 2. The second kappa shape index (κ2) is 5.75. The first-order valence-corrected chi connectivity index (χ1v) is 7.37. The maximum absolute atomic E-state index is 12.0. The van der Waals surface area contributed by atoms with Gasteiger partial charge in [0.05, 0.1) is 18.6 Å². The topological polar surface area (TPSA) is 70.0 Å². The first-order chi connectivity index (χ1) is 10.1. The van der Waals surface area contributed by atoms with E-state index in [2.05, 4.69) is 0 Å². The third-order valence-electron chi connectivity index (χ3n) is 4.68. The standard InChI is InChI=1S/C16H21NO4/c1-17-12-8-11(9-13(17)16(20)15(12)19)21-14(18)7-10-5-3-2-4-6-10/h2-6,11-13,15-16,19-20H,7-9H2,1H3/t11?,12-,13+,15-,16+. The Balaban J connectivity index is 1.59. The zero-order chi connectivity index (χ0) is 15.0. The normalized spacial score (nSPS) is 35.7. The zero-order valence-electron chi connectivity index (χ0n) is 12.1. The van der Waals surface area contributed by atoms with Crippen LogP contribution in [-0.4, -0.2) is 58.5 Å². The SMILES string of the molecule is CN1[C@@H]2CC(OC(=O)Cc3ccccc3)C[C@H]1[C@H](O)[C@@H]2O. The molecule has 5 atom stereocenters. The number of aliphatic hydroxyl groups excluding tert-OH is 2. The first-order valence-electron chi connectivity index (χ1n) is 7.37. The van der Waals surface area contributed by atoms with Crippen LogP contribution in [0.5, 0.6) is 0 Å². The van der Waals surface area contributed by atoms with Gasteiger partial charge in [0.25, 0.3) is 0 Å². The molecule has 114 valence electrons. The van der Waals surface area contributed by atoms with Crippen LogP contribution in [0, 0.1) is 0 Å². The molecule has 21 heavy (non-hydrogen) atoms. The van der Waals surface area contributed by atoms with Crippen LogP contribution in [0.1, 0.15) is 18.4 Å². The van der Waals surface area contributed by atoms with E-state index in [1.54, 1.807) is 0 Å². The van der Waals surface area contributed by atoms with Gasteiger partial charge in [0.2, 0.25) is 0 Å². The molecule has 0 spiro atoms. The van der Waals surface area contributed by atoms with Crippen LogP contribution < -0.4 is 0 Å². The van der Waals surface area contributed by atoms with Crippen LogP contribution in [0.2, 0.25) is 0 Å². The molecule has 2 fully saturated rings. The molecule has 2 bridgehead atoms. The smallest absolute Gasteiger partial charge is 0.310 e. The quantitative estimate of drug-likeness (QED) is 0.786. The van der Waals surface area contributed by atoms with Crippen LogP contribution in [-0.2, 0) is 16.0 Å². The summed E-state index contributed by atoms with van der Waals surface area (Å²) in [6, 6.07) is 9.23. The van der Waals surface area contributed by atoms with Crippen molar-refractivity contribution in [2.45, 2.75) is 49.7 Å². The van der Waals surface area contributed by atoms with Crippen LogP contribution >= 0.6 is 0 Å². The fourth-order valence-electron chi connectivity index (χ4n) is 3.52. The van der Waals surface area contributed by atoms with Gasteiger partial charge in [0, 0.05) is 24.9 Å². The van der Waals surface area contributed by atoms with Crippen molar-refractivity contribution in [1.29, 1.82) is 0 Å². The highest BCUT2D eigenvalue weighted by molar-refractivity contribution is 5.72. The Morgan fingerprint density at radius 3 is 2.33 bits per heavy atom. The van der Waals surface area contributed by atoms with Crippen molar-refractivity contribution in [3.05, 3.63) is 35.9 Å². The van der Waals surface area contributed by atoms with E-state index in [0.717, 1.165) is 5.56 Å². The van der Waals surface area contributed by atoms with Crippen molar-refractivity contribution >= 4 is 5.97 Å². The van der Waals surface area contributed by atoms with E-state index in [1.807, 2.05) is 42.3 Å². The van der Waals surface area contributed by atoms with Gasteiger partial charge in [-0.3, -0.25) is 9.69 Å². The minimum Gasteiger partial charge on any atom is -0.462 e. The number of fused-ring (bicyclic) bond motifs is 2. The number of esters is 1. The molecule has 5 nitrogen and oxygen atoms in total. The van der Waals surface area contributed by atoms with Gasteiger partial charge in [-0.2, -0.15) is 0 Å². The Hall–Kier alpha value is -1.43. The maximum Gasteiger partial charge on any atom is 0.310 e. The zero-order valence-corrected chi connectivity index (χ0v) is 12.1. The van der Waals surface area contributed by atoms with Crippen molar-refractivity contribution < 1.29 is 19.7 Å². The number of hydrogen-bond donors (Lipinski definition) is 2. The summed E-state index contributed by atoms with van der Waals surface area (Å²) in [5, 5.41) is 20.0. The summed E-state index contributed by atoms with van der Waals surface area (Å²) in [5.74, 6) is -0.251. The summed E-state index contributed by atoms with van der Waals surface area (Å²) in [6.45, 7) is 0. The molecule has 0 aromatic heterocycles. The highest BCUT2D eigenvalue weighted by atomic mass is 16.5. The van der Waals surface area contributed by atoms with E-state index in [-0.39, 0.29) is 30.6 Å². The number of carbonyl (C=O) groups is 1. The summed E-state index contributed by atoms with van der Waals surface area (Å²) in [5.41, 5.74) is 0.929. The molecule has 0 saturated carbocycles. The third kappa shape index (κ3) is 2.81. The predicted octanol–water partition coefficient (Wildman–Crippen LogP) is 0.339.